The second-order valence-corrected chi connectivity index (χ2v) is 8.21. The van der Waals surface area contributed by atoms with Crippen LogP contribution in [0.2, 0.25) is 0 Å². The molecule has 1 aromatic heterocycles. The Hall–Kier alpha value is -2.96. The van der Waals surface area contributed by atoms with E-state index in [0.717, 1.165) is 35.6 Å². The molecule has 9 heteroatoms. The number of hydrogen-bond donors (Lipinski definition) is 0. The molecule has 0 amide bonds. The first-order valence-electron chi connectivity index (χ1n) is 8.16. The number of carbonyl (C=O) groups excluding carboxylic acids is 1. The number of rotatable bonds is 5. The fraction of sp³-hybridized carbons (Fsp3) is 0.158. The van der Waals surface area contributed by atoms with Gasteiger partial charge in [0.1, 0.15) is 5.82 Å². The highest BCUT2D eigenvalue weighted by Gasteiger charge is 2.16. The van der Waals surface area contributed by atoms with Gasteiger partial charge in [-0.05, 0) is 49.4 Å². The van der Waals surface area contributed by atoms with Gasteiger partial charge in [0.15, 0.2) is 0 Å². The molecule has 0 aliphatic carbocycles. The number of halogens is 1. The van der Waals surface area contributed by atoms with Crippen molar-refractivity contribution in [2.75, 3.05) is 6.61 Å². The minimum Gasteiger partial charge on any atom is -0.462 e. The minimum absolute atomic E-state index is 0.0938. The molecule has 0 N–H and O–H groups in total. The molecule has 0 fully saturated rings. The fourth-order valence-corrected chi connectivity index (χ4v) is 4.76. The van der Waals surface area contributed by atoms with Gasteiger partial charge >= 0.3 is 5.97 Å². The van der Waals surface area contributed by atoms with E-state index in [4.69, 9.17) is 11.2 Å². The molecule has 2 aromatic carbocycles. The number of ether oxygens (including phenoxy) is 1. The molecule has 0 atom stereocenters. The maximum absolute atomic E-state index is 13.1. The number of aromatic nitrogens is 1. The second kappa shape index (κ2) is 7.96. The van der Waals surface area contributed by atoms with Crippen LogP contribution in [0, 0.1) is 18.2 Å². The van der Waals surface area contributed by atoms with Crippen LogP contribution in [-0.2, 0) is 21.3 Å². The van der Waals surface area contributed by atoms with Crippen molar-refractivity contribution in [1.29, 1.82) is 0 Å². The highest BCUT2D eigenvalue weighted by molar-refractivity contribution is 7.90. The summed E-state index contributed by atoms with van der Waals surface area (Å²) in [5.41, 5.74) is 0.987. The molecule has 0 radical (unpaired) electrons. The average Bonchev–Trinajstić information content (AvgIpc) is 2.98. The number of terminal acetylenes is 1. The minimum atomic E-state index is -4.07. The number of nitrogens with zero attached hydrogens (tertiary/aromatic N) is 2. The summed E-state index contributed by atoms with van der Waals surface area (Å²) in [6, 6.07) is 9.24. The molecule has 0 spiro atoms. The molecule has 0 bridgehead atoms. The Morgan fingerprint density at radius 2 is 2.00 bits per heavy atom. The predicted molar refractivity (Wildman–Crippen MR) is 104 cm³/mol. The van der Waals surface area contributed by atoms with E-state index in [1.165, 1.54) is 0 Å². The van der Waals surface area contributed by atoms with Gasteiger partial charge in [0.25, 0.3) is 10.0 Å². The van der Waals surface area contributed by atoms with Crippen LogP contribution in [0.1, 0.15) is 17.3 Å². The highest BCUT2D eigenvalue weighted by Crippen LogP contribution is 2.21. The van der Waals surface area contributed by atoms with Crippen molar-refractivity contribution in [2.24, 2.45) is 4.40 Å². The van der Waals surface area contributed by atoms with Gasteiger partial charge < -0.3 is 9.30 Å². The molecule has 0 aliphatic rings. The predicted octanol–water partition coefficient (Wildman–Crippen LogP) is 2.94. The van der Waals surface area contributed by atoms with Crippen molar-refractivity contribution < 1.29 is 22.3 Å². The van der Waals surface area contributed by atoms with Gasteiger partial charge in [-0.15, -0.1) is 10.8 Å². The summed E-state index contributed by atoms with van der Waals surface area (Å²) < 4.78 is 49.3. The van der Waals surface area contributed by atoms with Crippen LogP contribution in [0.25, 0.3) is 10.2 Å². The molecule has 0 aliphatic heterocycles. The molecular weight excluding hydrogens is 403 g/mol. The Bertz CT molecular complexity index is 1250. The summed E-state index contributed by atoms with van der Waals surface area (Å²) >= 11 is 1.08. The van der Waals surface area contributed by atoms with Gasteiger partial charge in [-0.3, -0.25) is 0 Å². The molecule has 0 saturated heterocycles. The molecule has 1 heterocycles. The first-order chi connectivity index (χ1) is 13.4. The van der Waals surface area contributed by atoms with E-state index < -0.39 is 21.8 Å². The SMILES string of the molecule is C#CCn1/c(=N/S(=O)(=O)c2ccc(F)cc2)sc2cc(C(=O)OCC)ccc21. The third-order valence-electron chi connectivity index (χ3n) is 3.75. The van der Waals surface area contributed by atoms with Gasteiger partial charge in [-0.1, -0.05) is 17.3 Å². The van der Waals surface area contributed by atoms with E-state index in [9.17, 15) is 17.6 Å². The normalized spacial score (nSPS) is 12.1. The van der Waals surface area contributed by atoms with Crippen LogP contribution in [0.5, 0.6) is 0 Å². The summed E-state index contributed by atoms with van der Waals surface area (Å²) in [4.78, 5) is 12.0. The largest absolute Gasteiger partial charge is 0.462 e. The summed E-state index contributed by atoms with van der Waals surface area (Å²) in [6.07, 6.45) is 5.42. The fourth-order valence-electron chi connectivity index (χ4n) is 2.49. The zero-order chi connectivity index (χ0) is 20.3. The molecule has 0 saturated carbocycles. The third-order valence-corrected chi connectivity index (χ3v) is 6.19. The average molecular weight is 418 g/mol. The van der Waals surface area contributed by atoms with E-state index in [1.807, 2.05) is 0 Å². The van der Waals surface area contributed by atoms with E-state index in [-0.39, 0.29) is 22.8 Å². The number of sulfonamides is 1. The van der Waals surface area contributed by atoms with Crippen molar-refractivity contribution in [1.82, 2.24) is 4.57 Å². The summed E-state index contributed by atoms with van der Waals surface area (Å²) in [5.74, 6) is 1.45. The summed E-state index contributed by atoms with van der Waals surface area (Å²) in [5, 5.41) is 0. The number of carbonyl (C=O) groups is 1. The van der Waals surface area contributed by atoms with Gasteiger partial charge in [-0.2, -0.15) is 8.42 Å². The van der Waals surface area contributed by atoms with Crippen molar-refractivity contribution in [3.05, 3.63) is 58.6 Å². The molecule has 6 nitrogen and oxygen atoms in total. The van der Waals surface area contributed by atoms with Gasteiger partial charge in [-0.25, -0.2) is 9.18 Å². The lowest BCUT2D eigenvalue weighted by molar-refractivity contribution is 0.0526. The van der Waals surface area contributed by atoms with Gasteiger partial charge in [0.05, 0.1) is 33.8 Å². The van der Waals surface area contributed by atoms with Crippen LogP contribution in [-0.4, -0.2) is 25.6 Å². The van der Waals surface area contributed by atoms with Crippen molar-refractivity contribution >= 4 is 37.5 Å². The van der Waals surface area contributed by atoms with E-state index in [2.05, 4.69) is 10.3 Å². The van der Waals surface area contributed by atoms with Crippen LogP contribution >= 0.6 is 11.3 Å². The van der Waals surface area contributed by atoms with Gasteiger partial charge in [0, 0.05) is 0 Å². The van der Waals surface area contributed by atoms with Crippen molar-refractivity contribution in [2.45, 2.75) is 18.4 Å². The lowest BCUT2D eigenvalue weighted by Crippen LogP contribution is -2.16. The second-order valence-electron chi connectivity index (χ2n) is 5.60. The first-order valence-corrected chi connectivity index (χ1v) is 10.4. The topological polar surface area (TPSA) is 77.7 Å². The lowest BCUT2D eigenvalue weighted by Gasteiger charge is -2.03. The van der Waals surface area contributed by atoms with E-state index >= 15 is 0 Å². The molecular formula is C19H15FN2O4S2. The Balaban J connectivity index is 2.17. The van der Waals surface area contributed by atoms with E-state index in [0.29, 0.717) is 15.8 Å². The van der Waals surface area contributed by atoms with Crippen LogP contribution < -0.4 is 4.80 Å². The third kappa shape index (κ3) is 3.98. The molecule has 0 unspecified atom stereocenters. The number of hydrogen-bond acceptors (Lipinski definition) is 5. The monoisotopic (exact) mass is 418 g/mol. The standard InChI is InChI=1S/C19H15FN2O4S2/c1-3-11-22-16-10-5-13(18(23)26-4-2)12-17(16)27-19(22)21-28(24,25)15-8-6-14(20)7-9-15/h1,5-10,12H,4,11H2,2H3/b21-19-. The highest BCUT2D eigenvalue weighted by atomic mass is 32.2. The smallest absolute Gasteiger partial charge is 0.338 e. The number of esters is 1. The molecule has 3 rings (SSSR count). The number of thiazole rings is 1. The summed E-state index contributed by atoms with van der Waals surface area (Å²) in [6.45, 7) is 2.05. The van der Waals surface area contributed by atoms with Crippen LogP contribution in [0.4, 0.5) is 4.39 Å². The quantitative estimate of drug-likeness (QED) is 0.472. The van der Waals surface area contributed by atoms with Crippen LogP contribution in [0.15, 0.2) is 51.8 Å². The first kappa shape index (κ1) is 19.8. The number of benzene rings is 2. The van der Waals surface area contributed by atoms with Crippen molar-refractivity contribution in [3.63, 3.8) is 0 Å². The van der Waals surface area contributed by atoms with Crippen LogP contribution in [0.3, 0.4) is 0 Å². The maximum Gasteiger partial charge on any atom is 0.338 e. The Morgan fingerprint density at radius 3 is 2.64 bits per heavy atom. The molecule has 3 aromatic rings. The maximum atomic E-state index is 13.1. The zero-order valence-electron chi connectivity index (χ0n) is 14.8. The molecule has 144 valence electrons. The Kier molecular flexibility index (Phi) is 5.63. The van der Waals surface area contributed by atoms with Gasteiger partial charge in [0.2, 0.25) is 4.80 Å². The Morgan fingerprint density at radius 1 is 1.29 bits per heavy atom. The Labute approximate surface area is 165 Å². The summed E-state index contributed by atoms with van der Waals surface area (Å²) in [7, 11) is -4.07. The lowest BCUT2D eigenvalue weighted by atomic mass is 10.2. The molecule has 28 heavy (non-hydrogen) atoms. The van der Waals surface area contributed by atoms with Crippen molar-refractivity contribution in [3.8, 4) is 12.3 Å². The zero-order valence-corrected chi connectivity index (χ0v) is 16.4. The van der Waals surface area contributed by atoms with E-state index in [1.54, 1.807) is 29.7 Å². The number of fused-ring (bicyclic) bond motifs is 1.